The Morgan fingerprint density at radius 1 is 1.21 bits per heavy atom. The van der Waals surface area contributed by atoms with E-state index in [0.29, 0.717) is 22.5 Å². The van der Waals surface area contributed by atoms with E-state index in [4.69, 9.17) is 9.47 Å². The third kappa shape index (κ3) is 4.16. The minimum Gasteiger partial charge on any atom is -0.462 e. The molecular weight excluding hydrogens is 442 g/mol. The van der Waals surface area contributed by atoms with Gasteiger partial charge in [0.05, 0.1) is 23.4 Å². The number of rotatable bonds is 4. The van der Waals surface area contributed by atoms with Crippen LogP contribution in [0.5, 0.6) is 0 Å². The van der Waals surface area contributed by atoms with Crippen molar-refractivity contribution in [3.05, 3.63) is 50.3 Å². The Balaban J connectivity index is 2.06. The highest BCUT2D eigenvalue weighted by atomic mass is 79.9. The van der Waals surface area contributed by atoms with Gasteiger partial charge in [0.2, 0.25) is 0 Å². The molecule has 0 spiro atoms. The van der Waals surface area contributed by atoms with E-state index in [0.717, 1.165) is 14.9 Å². The third-order valence-corrected chi connectivity index (χ3v) is 6.48. The van der Waals surface area contributed by atoms with Gasteiger partial charge in [-0.15, -0.1) is 11.3 Å². The second kappa shape index (κ2) is 7.61. The topological polar surface area (TPSA) is 64.6 Å². The van der Waals surface area contributed by atoms with Gasteiger partial charge in [0.15, 0.2) is 0 Å². The molecule has 1 aromatic carbocycles. The quantitative estimate of drug-likeness (QED) is 0.603. The highest BCUT2D eigenvalue weighted by molar-refractivity contribution is 9.10. The molecule has 0 bridgehead atoms. The lowest BCUT2D eigenvalue weighted by Gasteiger charge is -2.41. The molecule has 1 amide bonds. The molecule has 0 unspecified atom stereocenters. The lowest BCUT2D eigenvalue weighted by molar-refractivity contribution is -0.135. The fourth-order valence-electron chi connectivity index (χ4n) is 3.60. The van der Waals surface area contributed by atoms with Gasteiger partial charge in [0, 0.05) is 21.3 Å². The average molecular weight is 466 g/mol. The van der Waals surface area contributed by atoms with Crippen molar-refractivity contribution in [2.24, 2.45) is 0 Å². The number of ether oxygens (including phenoxy) is 2. The van der Waals surface area contributed by atoms with Crippen LogP contribution in [0, 0.1) is 0 Å². The van der Waals surface area contributed by atoms with Gasteiger partial charge in [-0.25, -0.2) is 4.79 Å². The number of carbonyl (C=O) groups is 2. The van der Waals surface area contributed by atoms with E-state index < -0.39 is 17.2 Å². The molecule has 2 heterocycles. The fourth-order valence-corrected chi connectivity index (χ4v) is 5.11. The van der Waals surface area contributed by atoms with Crippen molar-refractivity contribution in [2.45, 2.75) is 52.2 Å². The molecule has 3 rings (SSSR count). The van der Waals surface area contributed by atoms with Crippen molar-refractivity contribution >= 4 is 44.1 Å². The van der Waals surface area contributed by atoms with Gasteiger partial charge in [-0.1, -0.05) is 15.9 Å². The summed E-state index contributed by atoms with van der Waals surface area (Å²) < 4.78 is 12.4. The molecule has 0 radical (unpaired) electrons. The number of anilines is 1. The number of thiophene rings is 1. The summed E-state index contributed by atoms with van der Waals surface area (Å²) in [6.07, 6.45) is 0.574. The number of esters is 1. The largest absolute Gasteiger partial charge is 0.462 e. The maximum Gasteiger partial charge on any atom is 0.341 e. The fraction of sp³-hybridized carbons (Fsp3) is 0.429. The Morgan fingerprint density at radius 2 is 1.86 bits per heavy atom. The molecule has 0 saturated heterocycles. The molecule has 0 aliphatic carbocycles. The van der Waals surface area contributed by atoms with Crippen LogP contribution in [0.25, 0.3) is 0 Å². The van der Waals surface area contributed by atoms with Crippen LogP contribution in [0.15, 0.2) is 28.7 Å². The summed E-state index contributed by atoms with van der Waals surface area (Å²) in [7, 11) is 0. The Morgan fingerprint density at radius 3 is 2.46 bits per heavy atom. The Labute approximate surface area is 177 Å². The number of hydrogen-bond acceptors (Lipinski definition) is 5. The number of nitrogens with one attached hydrogen (secondary N) is 1. The molecule has 28 heavy (non-hydrogen) atoms. The number of carbonyl (C=O) groups excluding carboxylic acids is 2. The van der Waals surface area contributed by atoms with Gasteiger partial charge in [0.25, 0.3) is 5.91 Å². The van der Waals surface area contributed by atoms with E-state index in [9.17, 15) is 9.59 Å². The molecule has 0 saturated carbocycles. The molecule has 1 aliphatic heterocycles. The zero-order valence-corrected chi connectivity index (χ0v) is 19.0. The van der Waals surface area contributed by atoms with Crippen LogP contribution in [0.1, 0.15) is 65.8 Å². The van der Waals surface area contributed by atoms with E-state index in [1.54, 1.807) is 31.2 Å². The van der Waals surface area contributed by atoms with Crippen LogP contribution in [0.2, 0.25) is 0 Å². The van der Waals surface area contributed by atoms with Crippen LogP contribution in [-0.2, 0) is 21.5 Å². The van der Waals surface area contributed by atoms with E-state index in [2.05, 4.69) is 21.2 Å². The van der Waals surface area contributed by atoms with Gasteiger partial charge < -0.3 is 14.8 Å². The van der Waals surface area contributed by atoms with Crippen molar-refractivity contribution in [1.82, 2.24) is 0 Å². The van der Waals surface area contributed by atoms with Crippen LogP contribution >= 0.6 is 27.3 Å². The number of hydrogen-bond donors (Lipinski definition) is 1. The number of halogens is 1. The van der Waals surface area contributed by atoms with Crippen molar-refractivity contribution < 1.29 is 19.1 Å². The number of fused-ring (bicyclic) bond motifs is 1. The lowest BCUT2D eigenvalue weighted by Crippen LogP contribution is -2.42. The van der Waals surface area contributed by atoms with E-state index in [1.165, 1.54) is 11.3 Å². The second-order valence-corrected chi connectivity index (χ2v) is 9.78. The van der Waals surface area contributed by atoms with Gasteiger partial charge in [-0.2, -0.15) is 0 Å². The Bertz CT molecular complexity index is 915. The minimum atomic E-state index is -0.566. The SMILES string of the molecule is CCOC(=O)c1c(NC(=O)c2ccc(Br)cc2)sc2c1CC(C)(C)OC2(C)C. The first-order valence-corrected chi connectivity index (χ1v) is 10.8. The molecule has 1 aliphatic rings. The van der Waals surface area contributed by atoms with E-state index >= 15 is 0 Å². The van der Waals surface area contributed by atoms with Gasteiger partial charge in [-0.3, -0.25) is 4.79 Å². The average Bonchev–Trinajstić information content (AvgIpc) is 2.92. The summed E-state index contributed by atoms with van der Waals surface area (Å²) in [5, 5.41) is 3.42. The lowest BCUT2D eigenvalue weighted by atomic mass is 9.86. The first-order chi connectivity index (χ1) is 13.0. The summed E-state index contributed by atoms with van der Waals surface area (Å²) in [5.41, 5.74) is 0.864. The second-order valence-electron chi connectivity index (χ2n) is 7.84. The number of amides is 1. The van der Waals surface area contributed by atoms with Crippen LogP contribution < -0.4 is 5.32 Å². The highest BCUT2D eigenvalue weighted by Gasteiger charge is 2.43. The minimum absolute atomic E-state index is 0.269. The molecule has 150 valence electrons. The monoisotopic (exact) mass is 465 g/mol. The van der Waals surface area contributed by atoms with Crippen molar-refractivity contribution in [3.63, 3.8) is 0 Å². The third-order valence-electron chi connectivity index (χ3n) is 4.50. The molecule has 0 fully saturated rings. The smallest absolute Gasteiger partial charge is 0.341 e. The first-order valence-electron chi connectivity index (χ1n) is 9.14. The zero-order valence-electron chi connectivity index (χ0n) is 16.6. The summed E-state index contributed by atoms with van der Waals surface area (Å²) in [5.74, 6) is -0.686. The van der Waals surface area contributed by atoms with E-state index in [-0.39, 0.29) is 12.5 Å². The molecular formula is C21H24BrNO4S. The van der Waals surface area contributed by atoms with Crippen molar-refractivity contribution in [2.75, 3.05) is 11.9 Å². The predicted octanol–water partition coefficient (Wildman–Crippen LogP) is 5.53. The standard InChI is InChI=1S/C21H24BrNO4S/c1-6-26-19(25)15-14-11-20(2,3)27-21(4,5)16(14)28-18(15)23-17(24)12-7-9-13(22)10-8-12/h7-10H,6,11H2,1-5H3,(H,23,24). The van der Waals surface area contributed by atoms with Gasteiger partial charge in [0.1, 0.15) is 5.00 Å². The normalized spacial score (nSPS) is 16.9. The zero-order chi connectivity index (χ0) is 20.7. The Kier molecular flexibility index (Phi) is 5.71. The van der Waals surface area contributed by atoms with E-state index in [1.807, 2.05) is 27.7 Å². The van der Waals surface area contributed by atoms with Crippen LogP contribution in [0.3, 0.4) is 0 Å². The van der Waals surface area contributed by atoms with Crippen molar-refractivity contribution in [3.8, 4) is 0 Å². The molecule has 1 aromatic heterocycles. The molecule has 5 nitrogen and oxygen atoms in total. The van der Waals surface area contributed by atoms with Gasteiger partial charge >= 0.3 is 5.97 Å². The maximum atomic E-state index is 12.8. The number of benzene rings is 1. The summed E-state index contributed by atoms with van der Waals surface area (Å²) >= 11 is 4.75. The first kappa shape index (κ1) is 21.0. The predicted molar refractivity (Wildman–Crippen MR) is 114 cm³/mol. The van der Waals surface area contributed by atoms with Crippen LogP contribution in [0.4, 0.5) is 5.00 Å². The summed E-state index contributed by atoms with van der Waals surface area (Å²) in [4.78, 5) is 26.5. The van der Waals surface area contributed by atoms with Gasteiger partial charge in [-0.05, 0) is 64.4 Å². The maximum absolute atomic E-state index is 12.8. The molecule has 1 N–H and O–H groups in total. The van der Waals surface area contributed by atoms with Crippen LogP contribution in [-0.4, -0.2) is 24.1 Å². The molecule has 0 atom stereocenters. The summed E-state index contributed by atoms with van der Waals surface area (Å²) in [6, 6.07) is 7.07. The molecule has 7 heteroatoms. The van der Waals surface area contributed by atoms with Crippen molar-refractivity contribution in [1.29, 1.82) is 0 Å². The summed E-state index contributed by atoms with van der Waals surface area (Å²) in [6.45, 7) is 10.0. The Hall–Kier alpha value is -1.70. The molecule has 2 aromatic rings. The highest BCUT2D eigenvalue weighted by Crippen LogP contribution is 2.48.